The van der Waals surface area contributed by atoms with E-state index >= 15 is 0 Å². The van der Waals surface area contributed by atoms with E-state index in [2.05, 4.69) is 28.2 Å². The Labute approximate surface area is 98.4 Å². The van der Waals surface area contributed by atoms with Crippen molar-refractivity contribution in [1.82, 2.24) is 5.32 Å². The lowest BCUT2D eigenvalue weighted by atomic mass is 10.2. The minimum atomic E-state index is -0.0678. The van der Waals surface area contributed by atoms with Gasteiger partial charge in [-0.15, -0.1) is 0 Å². The number of rotatable bonds is 5. The molecule has 1 rings (SSSR count). The van der Waals surface area contributed by atoms with Gasteiger partial charge >= 0.3 is 0 Å². The van der Waals surface area contributed by atoms with Crippen molar-refractivity contribution in [3.63, 3.8) is 0 Å². The average molecular weight is 274 g/mol. The van der Waals surface area contributed by atoms with Crippen molar-refractivity contribution in [1.29, 1.82) is 0 Å². The number of aryl methyl sites for hydroxylation is 1. The van der Waals surface area contributed by atoms with Crippen LogP contribution in [0.15, 0.2) is 16.7 Å². The normalized spacial score (nSPS) is 12.5. The van der Waals surface area contributed by atoms with Gasteiger partial charge < -0.3 is 9.73 Å². The van der Waals surface area contributed by atoms with Gasteiger partial charge in [-0.25, -0.2) is 0 Å². The quantitative estimate of drug-likeness (QED) is 0.839. The standard InChI is InChI=1S/C11H16BrNO2/c1-3-4-9(12)7-13-11(14)10-5-6-15-8(10)2/h5-6,9H,3-4,7H2,1-2H3,(H,13,14). The Hall–Kier alpha value is -0.770. The fraction of sp³-hybridized carbons (Fsp3) is 0.545. The maximum absolute atomic E-state index is 11.6. The first-order chi connectivity index (χ1) is 7.15. The monoisotopic (exact) mass is 273 g/mol. The Morgan fingerprint density at radius 1 is 1.67 bits per heavy atom. The van der Waals surface area contributed by atoms with Crippen LogP contribution in [0.3, 0.4) is 0 Å². The minimum absolute atomic E-state index is 0.0678. The molecule has 0 aliphatic rings. The van der Waals surface area contributed by atoms with Gasteiger partial charge in [-0.2, -0.15) is 0 Å². The fourth-order valence-electron chi connectivity index (χ4n) is 1.33. The number of hydrogen-bond acceptors (Lipinski definition) is 2. The van der Waals surface area contributed by atoms with E-state index in [0.29, 0.717) is 22.7 Å². The van der Waals surface area contributed by atoms with E-state index in [1.807, 2.05) is 0 Å². The van der Waals surface area contributed by atoms with Gasteiger partial charge in [0.05, 0.1) is 11.8 Å². The first-order valence-electron chi connectivity index (χ1n) is 5.11. The maximum atomic E-state index is 11.6. The molecule has 0 spiro atoms. The van der Waals surface area contributed by atoms with Crippen molar-refractivity contribution in [2.75, 3.05) is 6.54 Å². The predicted molar refractivity (Wildman–Crippen MR) is 63.4 cm³/mol. The summed E-state index contributed by atoms with van der Waals surface area (Å²) < 4.78 is 5.07. The van der Waals surface area contributed by atoms with Crippen molar-refractivity contribution in [3.8, 4) is 0 Å². The number of nitrogens with one attached hydrogen (secondary N) is 1. The molecule has 0 aromatic carbocycles. The van der Waals surface area contributed by atoms with Gasteiger partial charge in [-0.3, -0.25) is 4.79 Å². The SMILES string of the molecule is CCCC(Br)CNC(=O)c1ccoc1C. The molecule has 0 saturated heterocycles. The summed E-state index contributed by atoms with van der Waals surface area (Å²) in [5, 5.41) is 2.86. The summed E-state index contributed by atoms with van der Waals surface area (Å²) >= 11 is 3.51. The lowest BCUT2D eigenvalue weighted by Gasteiger charge is -2.09. The maximum Gasteiger partial charge on any atom is 0.254 e. The number of amides is 1. The van der Waals surface area contributed by atoms with Crippen LogP contribution < -0.4 is 5.32 Å². The van der Waals surface area contributed by atoms with Crippen LogP contribution in [0.1, 0.15) is 35.9 Å². The Balaban J connectivity index is 2.40. The third-order valence-corrected chi connectivity index (χ3v) is 2.97. The molecule has 0 saturated carbocycles. The molecule has 0 radical (unpaired) electrons. The summed E-state index contributed by atoms with van der Waals surface area (Å²) in [6, 6.07) is 1.69. The zero-order valence-electron chi connectivity index (χ0n) is 9.05. The average Bonchev–Trinajstić information content (AvgIpc) is 2.61. The van der Waals surface area contributed by atoms with Crippen molar-refractivity contribution in [2.24, 2.45) is 0 Å². The third kappa shape index (κ3) is 3.70. The predicted octanol–water partition coefficient (Wildman–Crippen LogP) is 2.88. The van der Waals surface area contributed by atoms with Gasteiger partial charge in [0.25, 0.3) is 5.91 Å². The molecule has 15 heavy (non-hydrogen) atoms. The smallest absolute Gasteiger partial charge is 0.254 e. The number of alkyl halides is 1. The summed E-state index contributed by atoms with van der Waals surface area (Å²) in [4.78, 5) is 12.0. The van der Waals surface area contributed by atoms with Crippen LogP contribution >= 0.6 is 15.9 Å². The van der Waals surface area contributed by atoms with E-state index in [-0.39, 0.29) is 5.91 Å². The highest BCUT2D eigenvalue weighted by atomic mass is 79.9. The molecule has 84 valence electrons. The second kappa shape index (κ2) is 5.95. The Bertz CT molecular complexity index is 322. The van der Waals surface area contributed by atoms with Gasteiger partial charge in [-0.05, 0) is 19.4 Å². The van der Waals surface area contributed by atoms with E-state index < -0.39 is 0 Å². The molecule has 1 amide bonds. The molecule has 0 bridgehead atoms. The molecule has 0 aliphatic carbocycles. The van der Waals surface area contributed by atoms with Crippen LogP contribution in [-0.4, -0.2) is 17.3 Å². The molecule has 1 aromatic rings. The summed E-state index contributed by atoms with van der Waals surface area (Å²) in [7, 11) is 0. The molecule has 1 N–H and O–H groups in total. The van der Waals surface area contributed by atoms with Gasteiger partial charge in [-0.1, -0.05) is 29.3 Å². The van der Waals surface area contributed by atoms with Gasteiger partial charge in [0.15, 0.2) is 0 Å². The number of hydrogen-bond donors (Lipinski definition) is 1. The van der Waals surface area contributed by atoms with E-state index in [1.165, 1.54) is 6.26 Å². The van der Waals surface area contributed by atoms with Crippen LogP contribution in [0.5, 0.6) is 0 Å². The van der Waals surface area contributed by atoms with Crippen LogP contribution in [0.25, 0.3) is 0 Å². The molecule has 1 aromatic heterocycles. The zero-order valence-corrected chi connectivity index (χ0v) is 10.6. The molecular formula is C11H16BrNO2. The van der Waals surface area contributed by atoms with Crippen molar-refractivity contribution >= 4 is 21.8 Å². The molecule has 4 heteroatoms. The molecule has 0 fully saturated rings. The Morgan fingerprint density at radius 3 is 2.93 bits per heavy atom. The molecule has 3 nitrogen and oxygen atoms in total. The highest BCUT2D eigenvalue weighted by Crippen LogP contribution is 2.10. The van der Waals surface area contributed by atoms with Crippen LogP contribution in [0.4, 0.5) is 0 Å². The molecule has 1 atom stereocenters. The van der Waals surface area contributed by atoms with E-state index in [9.17, 15) is 4.79 Å². The second-order valence-electron chi connectivity index (χ2n) is 3.49. The Kier molecular flexibility index (Phi) is 4.88. The van der Waals surface area contributed by atoms with E-state index in [0.717, 1.165) is 12.8 Å². The van der Waals surface area contributed by atoms with Crippen molar-refractivity contribution < 1.29 is 9.21 Å². The topological polar surface area (TPSA) is 42.2 Å². The highest BCUT2D eigenvalue weighted by molar-refractivity contribution is 9.09. The summed E-state index contributed by atoms with van der Waals surface area (Å²) in [5.74, 6) is 0.593. The van der Waals surface area contributed by atoms with E-state index in [1.54, 1.807) is 13.0 Å². The Morgan fingerprint density at radius 2 is 2.40 bits per heavy atom. The van der Waals surface area contributed by atoms with Crippen LogP contribution in [0, 0.1) is 6.92 Å². The summed E-state index contributed by atoms with van der Waals surface area (Å²) in [5.41, 5.74) is 0.617. The first-order valence-corrected chi connectivity index (χ1v) is 6.03. The van der Waals surface area contributed by atoms with E-state index in [4.69, 9.17) is 4.42 Å². The fourth-order valence-corrected chi connectivity index (χ4v) is 1.95. The number of carbonyl (C=O) groups excluding carboxylic acids is 1. The number of furan rings is 1. The lowest BCUT2D eigenvalue weighted by molar-refractivity contribution is 0.0952. The van der Waals surface area contributed by atoms with Gasteiger partial charge in [0.2, 0.25) is 0 Å². The number of carbonyl (C=O) groups is 1. The summed E-state index contributed by atoms with van der Waals surface area (Å²) in [6.45, 7) is 4.56. The highest BCUT2D eigenvalue weighted by Gasteiger charge is 2.12. The van der Waals surface area contributed by atoms with Crippen LogP contribution in [0.2, 0.25) is 0 Å². The van der Waals surface area contributed by atoms with Crippen molar-refractivity contribution in [3.05, 3.63) is 23.7 Å². The number of halogens is 1. The second-order valence-corrected chi connectivity index (χ2v) is 4.78. The van der Waals surface area contributed by atoms with Gasteiger partial charge in [0.1, 0.15) is 5.76 Å². The summed E-state index contributed by atoms with van der Waals surface area (Å²) in [6.07, 6.45) is 3.70. The zero-order chi connectivity index (χ0) is 11.3. The molecule has 0 aliphatic heterocycles. The molecular weight excluding hydrogens is 258 g/mol. The van der Waals surface area contributed by atoms with Gasteiger partial charge in [0, 0.05) is 11.4 Å². The first kappa shape index (κ1) is 12.3. The lowest BCUT2D eigenvalue weighted by Crippen LogP contribution is -2.29. The third-order valence-electron chi connectivity index (χ3n) is 2.19. The largest absolute Gasteiger partial charge is 0.469 e. The van der Waals surface area contributed by atoms with Crippen molar-refractivity contribution in [2.45, 2.75) is 31.5 Å². The molecule has 1 heterocycles. The minimum Gasteiger partial charge on any atom is -0.469 e. The van der Waals surface area contributed by atoms with Crippen LogP contribution in [-0.2, 0) is 0 Å². The molecule has 1 unspecified atom stereocenters.